The normalized spacial score (nSPS) is 14.0. The highest BCUT2D eigenvalue weighted by molar-refractivity contribution is 9.10. The predicted octanol–water partition coefficient (Wildman–Crippen LogP) is 2.46. The minimum Gasteiger partial charge on any atom is -0.355 e. The predicted molar refractivity (Wildman–Crippen MR) is 89.2 cm³/mol. The summed E-state index contributed by atoms with van der Waals surface area (Å²) >= 11 is 3.47. The van der Waals surface area contributed by atoms with E-state index < -0.39 is 0 Å². The number of hydrogen-bond donors (Lipinski definition) is 3. The number of halogens is 1. The summed E-state index contributed by atoms with van der Waals surface area (Å²) in [6.07, 6.45) is 3.93. The van der Waals surface area contributed by atoms with Crippen molar-refractivity contribution in [3.63, 3.8) is 0 Å². The molecule has 1 saturated carbocycles. The van der Waals surface area contributed by atoms with Gasteiger partial charge in [-0.1, -0.05) is 28.1 Å². The van der Waals surface area contributed by atoms with Gasteiger partial charge in [-0.05, 0) is 25.0 Å². The monoisotopic (exact) mass is 362 g/mol. The minimum absolute atomic E-state index is 0.191. The molecule has 6 heteroatoms. The molecule has 1 fully saturated rings. The van der Waals surface area contributed by atoms with Gasteiger partial charge in [0.2, 0.25) is 5.91 Å². The lowest BCUT2D eigenvalue weighted by molar-refractivity contribution is -0.122. The van der Waals surface area contributed by atoms with Crippen LogP contribution in [0.15, 0.2) is 34.9 Å². The molecule has 0 saturated heterocycles. The fraction of sp³-hybridized carbons (Fsp3) is 0.375. The van der Waals surface area contributed by atoms with Crippen LogP contribution in [0.4, 0.5) is 0 Å². The minimum atomic E-state index is 0.191. The van der Waals surface area contributed by atoms with Crippen LogP contribution in [0.2, 0.25) is 0 Å². The summed E-state index contributed by atoms with van der Waals surface area (Å²) < 4.78 is 1.05. The van der Waals surface area contributed by atoms with E-state index in [1.807, 2.05) is 24.4 Å². The lowest BCUT2D eigenvalue weighted by atomic mass is 10.2. The van der Waals surface area contributed by atoms with Crippen LogP contribution in [0.3, 0.4) is 0 Å². The van der Waals surface area contributed by atoms with E-state index in [9.17, 15) is 4.79 Å². The van der Waals surface area contributed by atoms with Gasteiger partial charge in [0.1, 0.15) is 5.82 Å². The van der Waals surface area contributed by atoms with Crippen molar-refractivity contribution >= 4 is 21.8 Å². The van der Waals surface area contributed by atoms with E-state index in [0.717, 1.165) is 40.9 Å². The summed E-state index contributed by atoms with van der Waals surface area (Å²) in [6, 6.07) is 8.10. The Bertz CT molecular complexity index is 651. The standard InChI is InChI=1S/C16H19BrN4O/c17-13-3-1-2-12(8-13)14-9-20-15(21-14)10-18-6-7-19-16(22)11-4-5-11/h1-3,8-9,11,18H,4-7,10H2,(H,19,22)(H,20,21). The van der Waals surface area contributed by atoms with E-state index in [0.29, 0.717) is 13.1 Å². The molecule has 0 bridgehead atoms. The smallest absolute Gasteiger partial charge is 0.223 e. The Morgan fingerprint density at radius 2 is 2.23 bits per heavy atom. The molecule has 1 heterocycles. The topological polar surface area (TPSA) is 69.8 Å². The maximum Gasteiger partial charge on any atom is 0.223 e. The number of carbonyl (C=O) groups is 1. The van der Waals surface area contributed by atoms with E-state index in [1.165, 1.54) is 0 Å². The van der Waals surface area contributed by atoms with E-state index in [-0.39, 0.29) is 11.8 Å². The molecule has 1 aliphatic rings. The number of benzene rings is 1. The first kappa shape index (κ1) is 15.2. The van der Waals surface area contributed by atoms with Crippen molar-refractivity contribution in [2.75, 3.05) is 13.1 Å². The van der Waals surface area contributed by atoms with Crippen LogP contribution in [0.25, 0.3) is 11.3 Å². The molecule has 22 heavy (non-hydrogen) atoms. The first-order valence-corrected chi connectivity index (χ1v) is 8.30. The highest BCUT2D eigenvalue weighted by Gasteiger charge is 2.28. The highest BCUT2D eigenvalue weighted by Crippen LogP contribution is 2.28. The third-order valence-electron chi connectivity index (χ3n) is 3.61. The van der Waals surface area contributed by atoms with Crippen molar-refractivity contribution in [1.82, 2.24) is 20.6 Å². The maximum atomic E-state index is 11.5. The summed E-state index contributed by atoms with van der Waals surface area (Å²) in [5, 5.41) is 6.21. The Kier molecular flexibility index (Phi) is 4.90. The first-order valence-electron chi connectivity index (χ1n) is 7.50. The summed E-state index contributed by atoms with van der Waals surface area (Å²) in [5.74, 6) is 1.36. The molecule has 0 radical (unpaired) electrons. The maximum absolute atomic E-state index is 11.5. The van der Waals surface area contributed by atoms with Crippen LogP contribution in [0.5, 0.6) is 0 Å². The molecule has 0 atom stereocenters. The van der Waals surface area contributed by atoms with Crippen LogP contribution < -0.4 is 10.6 Å². The largest absolute Gasteiger partial charge is 0.355 e. The lowest BCUT2D eigenvalue weighted by Gasteiger charge is -2.05. The van der Waals surface area contributed by atoms with Gasteiger partial charge in [-0.3, -0.25) is 4.79 Å². The van der Waals surface area contributed by atoms with Crippen molar-refractivity contribution in [3.05, 3.63) is 40.8 Å². The van der Waals surface area contributed by atoms with Crippen molar-refractivity contribution in [3.8, 4) is 11.3 Å². The second-order valence-electron chi connectivity index (χ2n) is 5.50. The molecule has 1 amide bonds. The molecule has 3 rings (SSSR count). The Labute approximate surface area is 138 Å². The SMILES string of the molecule is O=C(NCCNCc1ncc(-c2cccc(Br)c2)[nH]1)C1CC1. The lowest BCUT2D eigenvalue weighted by Crippen LogP contribution is -2.32. The van der Waals surface area contributed by atoms with Crippen LogP contribution in [0, 0.1) is 5.92 Å². The van der Waals surface area contributed by atoms with Crippen LogP contribution in [0.1, 0.15) is 18.7 Å². The fourth-order valence-corrected chi connectivity index (χ4v) is 2.63. The average Bonchev–Trinajstić information content (AvgIpc) is 3.26. The number of hydrogen-bond acceptors (Lipinski definition) is 3. The van der Waals surface area contributed by atoms with Crippen LogP contribution >= 0.6 is 15.9 Å². The van der Waals surface area contributed by atoms with Crippen molar-refractivity contribution in [1.29, 1.82) is 0 Å². The van der Waals surface area contributed by atoms with Gasteiger partial charge in [0, 0.05) is 29.0 Å². The number of nitrogens with one attached hydrogen (secondary N) is 3. The van der Waals surface area contributed by atoms with Gasteiger partial charge in [-0.15, -0.1) is 0 Å². The number of amides is 1. The van der Waals surface area contributed by atoms with Gasteiger partial charge in [0.25, 0.3) is 0 Å². The van der Waals surface area contributed by atoms with Crippen LogP contribution in [-0.2, 0) is 11.3 Å². The first-order chi connectivity index (χ1) is 10.7. The second kappa shape index (κ2) is 7.07. The van der Waals surface area contributed by atoms with Gasteiger partial charge in [0.15, 0.2) is 0 Å². The fourth-order valence-electron chi connectivity index (χ4n) is 2.23. The summed E-state index contributed by atoms with van der Waals surface area (Å²) in [6.45, 7) is 2.06. The van der Waals surface area contributed by atoms with Crippen molar-refractivity contribution < 1.29 is 4.79 Å². The van der Waals surface area contributed by atoms with Crippen LogP contribution in [-0.4, -0.2) is 29.0 Å². The molecule has 2 aromatic rings. The van der Waals surface area contributed by atoms with Crippen molar-refractivity contribution in [2.24, 2.45) is 5.92 Å². The van der Waals surface area contributed by atoms with Gasteiger partial charge < -0.3 is 15.6 Å². The van der Waals surface area contributed by atoms with E-state index in [2.05, 4.69) is 42.6 Å². The van der Waals surface area contributed by atoms with Gasteiger partial charge in [0.05, 0.1) is 18.4 Å². The second-order valence-corrected chi connectivity index (χ2v) is 6.41. The third kappa shape index (κ3) is 4.18. The van der Waals surface area contributed by atoms with Gasteiger partial charge in [-0.25, -0.2) is 4.98 Å². The number of rotatable bonds is 7. The molecule has 0 unspecified atom stereocenters. The number of aromatic nitrogens is 2. The Hall–Kier alpha value is -1.66. The Morgan fingerprint density at radius 1 is 1.36 bits per heavy atom. The molecule has 1 aromatic carbocycles. The molecule has 1 aliphatic carbocycles. The van der Waals surface area contributed by atoms with E-state index >= 15 is 0 Å². The zero-order valence-corrected chi connectivity index (χ0v) is 13.8. The quantitative estimate of drug-likeness (QED) is 0.662. The average molecular weight is 363 g/mol. The molecular formula is C16H19BrN4O. The molecule has 0 spiro atoms. The van der Waals surface area contributed by atoms with Crippen molar-refractivity contribution in [2.45, 2.75) is 19.4 Å². The molecule has 0 aliphatic heterocycles. The molecular weight excluding hydrogens is 344 g/mol. The van der Waals surface area contributed by atoms with Gasteiger partial charge in [-0.2, -0.15) is 0 Å². The van der Waals surface area contributed by atoms with Gasteiger partial charge >= 0.3 is 0 Å². The zero-order valence-electron chi connectivity index (χ0n) is 12.2. The number of imidazole rings is 1. The van der Waals surface area contributed by atoms with E-state index in [1.54, 1.807) is 0 Å². The number of aromatic amines is 1. The van der Waals surface area contributed by atoms with E-state index in [4.69, 9.17) is 0 Å². The number of H-pyrrole nitrogens is 1. The number of carbonyl (C=O) groups excluding carboxylic acids is 1. The highest BCUT2D eigenvalue weighted by atomic mass is 79.9. The third-order valence-corrected chi connectivity index (χ3v) is 4.10. The molecule has 3 N–H and O–H groups in total. The number of nitrogens with zero attached hydrogens (tertiary/aromatic N) is 1. The summed E-state index contributed by atoms with van der Waals surface area (Å²) in [4.78, 5) is 19.1. The molecule has 116 valence electrons. The summed E-state index contributed by atoms with van der Waals surface area (Å²) in [5.41, 5.74) is 2.10. The molecule has 5 nitrogen and oxygen atoms in total. The molecule has 1 aromatic heterocycles. The Morgan fingerprint density at radius 3 is 3.00 bits per heavy atom. The Balaban J connectivity index is 1.42. The summed E-state index contributed by atoms with van der Waals surface area (Å²) in [7, 11) is 0. The zero-order chi connectivity index (χ0) is 15.4.